The number of rotatable bonds is 3. The Morgan fingerprint density at radius 2 is 1.83 bits per heavy atom. The molecule has 0 bridgehead atoms. The summed E-state index contributed by atoms with van der Waals surface area (Å²) in [5.41, 5.74) is -0.569. The molecule has 0 saturated carbocycles. The van der Waals surface area contributed by atoms with Crippen molar-refractivity contribution in [2.45, 2.75) is 52.7 Å². The second kappa shape index (κ2) is 6.41. The SMILES string of the molecule is CC(C)N1C(=O)C(=O)N(C[C@H]2CCN(C(=O)OC(C)(C)C)C2)C1=O. The van der Waals surface area contributed by atoms with Crippen molar-refractivity contribution in [2.75, 3.05) is 19.6 Å². The molecule has 2 fully saturated rings. The fourth-order valence-corrected chi connectivity index (χ4v) is 2.87. The van der Waals surface area contributed by atoms with Crippen molar-refractivity contribution in [3.63, 3.8) is 0 Å². The van der Waals surface area contributed by atoms with E-state index in [9.17, 15) is 19.2 Å². The molecule has 0 spiro atoms. The molecule has 2 aliphatic rings. The molecule has 24 heavy (non-hydrogen) atoms. The summed E-state index contributed by atoms with van der Waals surface area (Å²) >= 11 is 0. The van der Waals surface area contributed by atoms with E-state index in [1.165, 1.54) is 0 Å². The molecular weight excluding hydrogens is 314 g/mol. The topological polar surface area (TPSA) is 87.2 Å². The number of imide groups is 2. The van der Waals surface area contributed by atoms with Crippen molar-refractivity contribution in [3.05, 3.63) is 0 Å². The van der Waals surface area contributed by atoms with Gasteiger partial charge in [0.05, 0.1) is 0 Å². The van der Waals surface area contributed by atoms with Crippen molar-refractivity contribution in [1.82, 2.24) is 14.7 Å². The molecule has 5 amide bonds. The van der Waals surface area contributed by atoms with Crippen LogP contribution in [-0.4, -0.2) is 69.9 Å². The van der Waals surface area contributed by atoms with Crippen molar-refractivity contribution in [2.24, 2.45) is 5.92 Å². The number of amides is 5. The van der Waals surface area contributed by atoms with Gasteiger partial charge in [-0.1, -0.05) is 0 Å². The molecule has 0 radical (unpaired) electrons. The number of hydrogen-bond donors (Lipinski definition) is 0. The van der Waals surface area contributed by atoms with Gasteiger partial charge in [-0.05, 0) is 47.0 Å². The molecule has 0 aliphatic carbocycles. The van der Waals surface area contributed by atoms with Gasteiger partial charge in [0.25, 0.3) is 0 Å². The summed E-state index contributed by atoms with van der Waals surface area (Å²) < 4.78 is 5.32. The maximum absolute atomic E-state index is 12.3. The van der Waals surface area contributed by atoms with Crippen LogP contribution in [0.5, 0.6) is 0 Å². The van der Waals surface area contributed by atoms with E-state index in [-0.39, 0.29) is 18.5 Å². The average molecular weight is 339 g/mol. The van der Waals surface area contributed by atoms with Crippen LogP contribution in [-0.2, 0) is 14.3 Å². The third-order valence-corrected chi connectivity index (χ3v) is 3.98. The Morgan fingerprint density at radius 1 is 1.21 bits per heavy atom. The van der Waals surface area contributed by atoms with E-state index in [0.717, 1.165) is 9.80 Å². The maximum atomic E-state index is 12.3. The molecule has 0 aromatic rings. The minimum absolute atomic E-state index is 0.0506. The van der Waals surface area contributed by atoms with Crippen LogP contribution in [0.2, 0.25) is 0 Å². The molecule has 0 aromatic carbocycles. The zero-order chi connectivity index (χ0) is 18.2. The van der Waals surface area contributed by atoms with Gasteiger partial charge in [-0.15, -0.1) is 0 Å². The van der Waals surface area contributed by atoms with E-state index < -0.39 is 29.5 Å². The Balaban J connectivity index is 1.96. The fraction of sp³-hybridized carbons (Fsp3) is 0.750. The molecule has 2 saturated heterocycles. The molecule has 0 N–H and O–H groups in total. The number of nitrogens with zero attached hydrogens (tertiary/aromatic N) is 3. The summed E-state index contributed by atoms with van der Waals surface area (Å²) in [6.45, 7) is 9.83. The lowest BCUT2D eigenvalue weighted by atomic mass is 10.1. The largest absolute Gasteiger partial charge is 0.444 e. The summed E-state index contributed by atoms with van der Waals surface area (Å²) in [5.74, 6) is -1.62. The highest BCUT2D eigenvalue weighted by Crippen LogP contribution is 2.23. The lowest BCUT2D eigenvalue weighted by Crippen LogP contribution is -2.40. The lowest BCUT2D eigenvalue weighted by molar-refractivity contribution is -0.144. The highest BCUT2D eigenvalue weighted by molar-refractivity contribution is 6.44. The van der Waals surface area contributed by atoms with Gasteiger partial charge in [-0.2, -0.15) is 0 Å². The molecule has 8 heteroatoms. The predicted molar refractivity (Wildman–Crippen MR) is 85.0 cm³/mol. The van der Waals surface area contributed by atoms with Crippen molar-refractivity contribution >= 4 is 23.9 Å². The minimum atomic E-state index is -0.788. The standard InChI is InChI=1S/C16H25N3O5/c1-10(2)19-13(21)12(20)18(14(19)22)9-11-6-7-17(8-11)15(23)24-16(3,4)5/h10-11H,6-9H2,1-5H3/t11-/m0/s1. The number of urea groups is 1. The van der Waals surface area contributed by atoms with E-state index in [1.807, 2.05) is 0 Å². The number of carbonyl (C=O) groups excluding carboxylic acids is 4. The Morgan fingerprint density at radius 3 is 2.33 bits per heavy atom. The molecule has 2 aliphatic heterocycles. The second-order valence-electron chi connectivity index (χ2n) is 7.55. The van der Waals surface area contributed by atoms with Crippen LogP contribution in [0, 0.1) is 5.92 Å². The Kier molecular flexibility index (Phi) is 4.87. The number of likely N-dealkylation sites (tertiary alicyclic amines) is 1. The Hall–Kier alpha value is -2.12. The molecule has 8 nitrogen and oxygen atoms in total. The summed E-state index contributed by atoms with van der Waals surface area (Å²) in [4.78, 5) is 51.8. The smallest absolute Gasteiger partial charge is 0.410 e. The van der Waals surface area contributed by atoms with E-state index in [0.29, 0.717) is 19.5 Å². The van der Waals surface area contributed by atoms with Gasteiger partial charge in [0.1, 0.15) is 5.60 Å². The van der Waals surface area contributed by atoms with Gasteiger partial charge >= 0.3 is 23.9 Å². The van der Waals surface area contributed by atoms with Crippen molar-refractivity contribution in [3.8, 4) is 0 Å². The number of ether oxygens (including phenoxy) is 1. The van der Waals surface area contributed by atoms with E-state index in [4.69, 9.17) is 4.74 Å². The summed E-state index contributed by atoms with van der Waals surface area (Å²) in [5, 5.41) is 0. The normalized spacial score (nSPS) is 22.2. The number of hydrogen-bond acceptors (Lipinski definition) is 5. The average Bonchev–Trinajstić information content (AvgIpc) is 2.97. The molecule has 1 atom stereocenters. The zero-order valence-corrected chi connectivity index (χ0v) is 14.9. The molecular formula is C16H25N3O5. The maximum Gasteiger partial charge on any atom is 0.410 e. The fourth-order valence-electron chi connectivity index (χ4n) is 2.87. The molecule has 0 unspecified atom stereocenters. The van der Waals surface area contributed by atoms with Crippen LogP contribution in [0.25, 0.3) is 0 Å². The first-order valence-electron chi connectivity index (χ1n) is 8.18. The first-order valence-corrected chi connectivity index (χ1v) is 8.18. The quantitative estimate of drug-likeness (QED) is 0.573. The summed E-state index contributed by atoms with van der Waals surface area (Å²) in [6, 6.07) is -0.934. The molecule has 134 valence electrons. The van der Waals surface area contributed by atoms with Gasteiger partial charge in [-0.3, -0.25) is 19.4 Å². The van der Waals surface area contributed by atoms with Crippen molar-refractivity contribution in [1.29, 1.82) is 0 Å². The highest BCUT2D eigenvalue weighted by atomic mass is 16.6. The van der Waals surface area contributed by atoms with E-state index in [1.54, 1.807) is 39.5 Å². The monoisotopic (exact) mass is 339 g/mol. The van der Waals surface area contributed by atoms with Gasteiger partial charge in [-0.25, -0.2) is 9.59 Å². The van der Waals surface area contributed by atoms with E-state index >= 15 is 0 Å². The Bertz CT molecular complexity index is 567. The Labute approximate surface area is 141 Å². The first-order chi connectivity index (χ1) is 11.0. The van der Waals surface area contributed by atoms with Crippen LogP contribution in [0.4, 0.5) is 9.59 Å². The molecule has 2 rings (SSSR count). The predicted octanol–water partition coefficient (Wildman–Crippen LogP) is 1.44. The van der Waals surface area contributed by atoms with Gasteiger partial charge < -0.3 is 9.64 Å². The van der Waals surface area contributed by atoms with Gasteiger partial charge in [0.2, 0.25) is 0 Å². The van der Waals surface area contributed by atoms with Crippen LogP contribution in [0.3, 0.4) is 0 Å². The summed E-state index contributed by atoms with van der Waals surface area (Å²) in [7, 11) is 0. The third-order valence-electron chi connectivity index (χ3n) is 3.98. The number of carbonyl (C=O) groups is 4. The van der Waals surface area contributed by atoms with Crippen LogP contribution >= 0.6 is 0 Å². The molecule has 0 aromatic heterocycles. The minimum Gasteiger partial charge on any atom is -0.444 e. The van der Waals surface area contributed by atoms with Crippen LogP contribution in [0.1, 0.15) is 41.0 Å². The lowest BCUT2D eigenvalue weighted by Gasteiger charge is -2.25. The molecule has 2 heterocycles. The van der Waals surface area contributed by atoms with Gasteiger partial charge in [0, 0.05) is 25.7 Å². The van der Waals surface area contributed by atoms with Crippen molar-refractivity contribution < 1.29 is 23.9 Å². The van der Waals surface area contributed by atoms with E-state index in [2.05, 4.69) is 0 Å². The van der Waals surface area contributed by atoms with Crippen LogP contribution < -0.4 is 0 Å². The zero-order valence-electron chi connectivity index (χ0n) is 14.9. The second-order valence-corrected chi connectivity index (χ2v) is 7.55. The highest BCUT2D eigenvalue weighted by Gasteiger charge is 2.46. The summed E-state index contributed by atoms with van der Waals surface area (Å²) in [6.07, 6.45) is 0.260. The third kappa shape index (κ3) is 3.68. The first kappa shape index (κ1) is 18.2. The van der Waals surface area contributed by atoms with Gasteiger partial charge in [0.15, 0.2) is 0 Å². The van der Waals surface area contributed by atoms with Crippen LogP contribution in [0.15, 0.2) is 0 Å².